The molecule has 32 heavy (non-hydrogen) atoms. The Morgan fingerprint density at radius 3 is 2.38 bits per heavy atom. The van der Waals surface area contributed by atoms with Crippen LogP contribution >= 0.6 is 23.2 Å². The second-order valence-corrected chi connectivity index (χ2v) is 9.06. The third kappa shape index (κ3) is 5.04. The van der Waals surface area contributed by atoms with Crippen LogP contribution in [-0.4, -0.2) is 47.8 Å². The van der Waals surface area contributed by atoms with E-state index in [1.807, 2.05) is 13.8 Å². The fraction of sp³-hybridized carbons (Fsp3) is 0.391. The summed E-state index contributed by atoms with van der Waals surface area (Å²) in [7, 11) is 1.65. The summed E-state index contributed by atoms with van der Waals surface area (Å²) in [5, 5.41) is 0.550. The van der Waals surface area contributed by atoms with E-state index in [-0.39, 0.29) is 35.6 Å². The largest absolute Gasteiger partial charge is 0.416 e. The molecule has 0 aromatic heterocycles. The van der Waals surface area contributed by atoms with Gasteiger partial charge in [0.25, 0.3) is 5.91 Å². The smallest absolute Gasteiger partial charge is 0.343 e. The first kappa shape index (κ1) is 24.4. The maximum Gasteiger partial charge on any atom is 0.416 e. The minimum absolute atomic E-state index is 0.0780. The molecule has 0 radical (unpaired) electrons. The van der Waals surface area contributed by atoms with Crippen molar-refractivity contribution in [2.45, 2.75) is 32.0 Å². The molecule has 1 aliphatic heterocycles. The second kappa shape index (κ2) is 9.32. The molecular weight excluding hydrogens is 464 g/mol. The lowest BCUT2D eigenvalue weighted by Crippen LogP contribution is -2.40. The third-order valence-electron chi connectivity index (χ3n) is 5.85. The third-order valence-corrected chi connectivity index (χ3v) is 6.40. The molecule has 1 heterocycles. The van der Waals surface area contributed by atoms with Crippen LogP contribution in [0.5, 0.6) is 0 Å². The first-order valence-corrected chi connectivity index (χ1v) is 10.8. The van der Waals surface area contributed by atoms with Crippen molar-refractivity contribution in [1.29, 1.82) is 0 Å². The molecule has 2 atom stereocenters. The molecule has 2 aromatic carbocycles. The van der Waals surface area contributed by atoms with E-state index < -0.39 is 29.5 Å². The van der Waals surface area contributed by atoms with Gasteiger partial charge >= 0.3 is 6.18 Å². The Morgan fingerprint density at radius 2 is 1.78 bits per heavy atom. The van der Waals surface area contributed by atoms with Gasteiger partial charge in [0.2, 0.25) is 5.91 Å². The van der Waals surface area contributed by atoms with Crippen LogP contribution < -0.4 is 0 Å². The predicted octanol–water partition coefficient (Wildman–Crippen LogP) is 5.73. The van der Waals surface area contributed by atoms with Crippen LogP contribution in [0, 0.1) is 5.92 Å². The van der Waals surface area contributed by atoms with Crippen molar-refractivity contribution >= 4 is 35.0 Å². The first-order chi connectivity index (χ1) is 14.9. The minimum atomic E-state index is -4.50. The summed E-state index contributed by atoms with van der Waals surface area (Å²) in [4.78, 5) is 29.4. The topological polar surface area (TPSA) is 40.6 Å². The Bertz CT molecular complexity index is 1030. The number of rotatable bonds is 4. The zero-order chi connectivity index (χ0) is 23.8. The molecular formula is C23H23Cl2F3N2O2. The van der Waals surface area contributed by atoms with Gasteiger partial charge in [0.1, 0.15) is 0 Å². The van der Waals surface area contributed by atoms with Gasteiger partial charge < -0.3 is 9.80 Å². The molecule has 0 unspecified atom stereocenters. The highest BCUT2D eigenvalue weighted by Crippen LogP contribution is 2.38. The second-order valence-electron chi connectivity index (χ2n) is 8.21. The number of halogens is 5. The van der Waals surface area contributed by atoms with Crippen LogP contribution in [0.15, 0.2) is 42.5 Å². The normalized spacial score (nSPS) is 18.8. The van der Waals surface area contributed by atoms with E-state index in [1.165, 1.54) is 29.2 Å². The number of nitrogens with zero attached hydrogens (tertiary/aromatic N) is 2. The fourth-order valence-electron chi connectivity index (χ4n) is 3.85. The Morgan fingerprint density at radius 1 is 1.09 bits per heavy atom. The summed E-state index contributed by atoms with van der Waals surface area (Å²) in [6.45, 7) is 3.88. The molecule has 172 valence electrons. The van der Waals surface area contributed by atoms with E-state index in [0.29, 0.717) is 10.6 Å². The van der Waals surface area contributed by atoms with E-state index >= 15 is 0 Å². The van der Waals surface area contributed by atoms with E-state index in [0.717, 1.165) is 12.1 Å². The van der Waals surface area contributed by atoms with Crippen molar-refractivity contribution in [3.05, 3.63) is 69.2 Å². The van der Waals surface area contributed by atoms with Crippen molar-refractivity contribution < 1.29 is 22.8 Å². The molecule has 0 spiro atoms. The molecule has 0 N–H and O–H groups in total. The summed E-state index contributed by atoms with van der Waals surface area (Å²) >= 11 is 12.1. The number of carbonyl (C=O) groups is 2. The number of hydrogen-bond donors (Lipinski definition) is 0. The van der Waals surface area contributed by atoms with Crippen LogP contribution in [0.1, 0.15) is 41.3 Å². The summed E-state index contributed by atoms with van der Waals surface area (Å²) in [6.07, 6.45) is -4.50. The molecule has 1 aliphatic rings. The van der Waals surface area contributed by atoms with Crippen LogP contribution in [-0.2, 0) is 11.0 Å². The Hall–Kier alpha value is -2.25. The predicted molar refractivity (Wildman–Crippen MR) is 118 cm³/mol. The highest BCUT2D eigenvalue weighted by Gasteiger charge is 2.43. The quantitative estimate of drug-likeness (QED) is 0.553. The monoisotopic (exact) mass is 486 g/mol. The molecule has 0 saturated carbocycles. The lowest BCUT2D eigenvalue weighted by molar-refractivity contribution is -0.137. The van der Waals surface area contributed by atoms with Crippen LogP contribution in [0.3, 0.4) is 0 Å². The molecule has 2 aromatic rings. The molecule has 9 heteroatoms. The van der Waals surface area contributed by atoms with Crippen molar-refractivity contribution in [1.82, 2.24) is 9.80 Å². The van der Waals surface area contributed by atoms with Crippen molar-refractivity contribution in [3.63, 3.8) is 0 Å². The maximum absolute atomic E-state index is 13.3. The standard InChI is InChI=1S/C23H23Cl2F3N2O2/c1-13(2)29(3)21(31)19-12-30(22(32)17-8-7-16(24)10-20(17)25)11-18(19)14-5-4-6-15(9-14)23(26,27)28/h4-10,13,18-19H,11-12H2,1-3H3/t18-,19+/m0/s1. The highest BCUT2D eigenvalue weighted by molar-refractivity contribution is 6.36. The van der Waals surface area contributed by atoms with Crippen LogP contribution in [0.2, 0.25) is 10.0 Å². The van der Waals surface area contributed by atoms with Gasteiger partial charge in [0.05, 0.1) is 22.1 Å². The van der Waals surface area contributed by atoms with Gasteiger partial charge in [-0.05, 0) is 43.7 Å². The van der Waals surface area contributed by atoms with E-state index in [4.69, 9.17) is 23.2 Å². The van der Waals surface area contributed by atoms with Gasteiger partial charge in [-0.3, -0.25) is 9.59 Å². The van der Waals surface area contributed by atoms with Gasteiger partial charge in [-0.15, -0.1) is 0 Å². The number of likely N-dealkylation sites (tertiary alicyclic amines) is 1. The Balaban J connectivity index is 1.98. The minimum Gasteiger partial charge on any atom is -0.343 e. The molecule has 1 saturated heterocycles. The van der Waals surface area contributed by atoms with Crippen LogP contribution in [0.4, 0.5) is 13.2 Å². The average molecular weight is 487 g/mol. The summed E-state index contributed by atoms with van der Waals surface area (Å²) in [5.41, 5.74) is -0.194. The van der Waals surface area contributed by atoms with Gasteiger partial charge in [-0.2, -0.15) is 13.2 Å². The number of amides is 2. The van der Waals surface area contributed by atoms with Crippen molar-refractivity contribution in [2.75, 3.05) is 20.1 Å². The van der Waals surface area contributed by atoms with Crippen molar-refractivity contribution in [2.24, 2.45) is 5.92 Å². The molecule has 3 rings (SSSR count). The number of carbonyl (C=O) groups excluding carboxylic acids is 2. The number of alkyl halides is 3. The van der Waals surface area contributed by atoms with E-state index in [9.17, 15) is 22.8 Å². The maximum atomic E-state index is 13.3. The van der Waals surface area contributed by atoms with Crippen LogP contribution in [0.25, 0.3) is 0 Å². The summed E-state index contributed by atoms with van der Waals surface area (Å²) in [5.74, 6) is -1.88. The first-order valence-electron chi connectivity index (χ1n) is 10.1. The average Bonchev–Trinajstić information content (AvgIpc) is 3.17. The molecule has 0 aliphatic carbocycles. The van der Waals surface area contributed by atoms with Gasteiger partial charge in [0.15, 0.2) is 0 Å². The Kier molecular flexibility index (Phi) is 7.10. The van der Waals surface area contributed by atoms with Gasteiger partial charge in [-0.25, -0.2) is 0 Å². The zero-order valence-electron chi connectivity index (χ0n) is 17.8. The Labute approximate surface area is 194 Å². The molecule has 4 nitrogen and oxygen atoms in total. The van der Waals surface area contributed by atoms with E-state index in [2.05, 4.69) is 0 Å². The lowest BCUT2D eigenvalue weighted by Gasteiger charge is -2.27. The SMILES string of the molecule is CC(C)N(C)C(=O)[C@@H]1CN(C(=O)c2ccc(Cl)cc2Cl)C[C@H]1c1cccc(C(F)(F)F)c1. The lowest BCUT2D eigenvalue weighted by atomic mass is 9.87. The molecule has 2 amide bonds. The fourth-order valence-corrected chi connectivity index (χ4v) is 4.34. The summed E-state index contributed by atoms with van der Waals surface area (Å²) < 4.78 is 39.8. The zero-order valence-corrected chi connectivity index (χ0v) is 19.3. The van der Waals surface area contributed by atoms with Gasteiger partial charge in [0, 0.05) is 37.1 Å². The number of hydrogen-bond acceptors (Lipinski definition) is 2. The van der Waals surface area contributed by atoms with Gasteiger partial charge in [-0.1, -0.05) is 41.4 Å². The van der Waals surface area contributed by atoms with E-state index in [1.54, 1.807) is 18.0 Å². The number of benzene rings is 2. The molecule has 0 bridgehead atoms. The van der Waals surface area contributed by atoms with Crippen molar-refractivity contribution in [3.8, 4) is 0 Å². The highest BCUT2D eigenvalue weighted by atomic mass is 35.5. The summed E-state index contributed by atoms with van der Waals surface area (Å²) in [6, 6.07) is 9.34. The molecule has 1 fully saturated rings.